The van der Waals surface area contributed by atoms with Gasteiger partial charge in [0, 0.05) is 34.9 Å². The Morgan fingerprint density at radius 3 is 2.27 bits per heavy atom. The summed E-state index contributed by atoms with van der Waals surface area (Å²) in [6.45, 7) is 4.71. The number of para-hydroxylation sites is 1. The quantitative estimate of drug-likeness (QED) is 0.262. The van der Waals surface area contributed by atoms with E-state index in [2.05, 4.69) is 0 Å². The van der Waals surface area contributed by atoms with E-state index in [1.54, 1.807) is 12.1 Å². The fourth-order valence-electron chi connectivity index (χ4n) is 5.28. The maximum Gasteiger partial charge on any atom is 0.306 e. The van der Waals surface area contributed by atoms with Crippen molar-refractivity contribution in [2.45, 2.75) is 31.0 Å². The van der Waals surface area contributed by atoms with Crippen molar-refractivity contribution >= 4 is 28.6 Å². The van der Waals surface area contributed by atoms with Crippen LogP contribution in [0.15, 0.2) is 65.4 Å². The Morgan fingerprint density at radius 2 is 1.67 bits per heavy atom. The number of quaternary nitrogens is 1. The summed E-state index contributed by atoms with van der Waals surface area (Å²) < 4.78 is 12.9. The van der Waals surface area contributed by atoms with Crippen LogP contribution in [0.2, 0.25) is 0 Å². The number of carbonyl (C=O) groups is 1. The molecular weight excluding hydrogens is 454 g/mol. The molecule has 7 heteroatoms. The predicted molar refractivity (Wildman–Crippen MR) is 128 cm³/mol. The number of hydrogen-bond donors (Lipinski definition) is 0. The number of piperidine rings is 3. The van der Waals surface area contributed by atoms with Crippen molar-refractivity contribution < 1.29 is 23.9 Å². The topological polar surface area (TPSA) is 58.6 Å². The average Bonchev–Trinajstić information content (AvgIpc) is 3.58. The third-order valence-electron chi connectivity index (χ3n) is 7.11. The second-order valence-electron chi connectivity index (χ2n) is 9.13. The smallest absolute Gasteiger partial charge is 0.306 e. The lowest BCUT2D eigenvalue weighted by Gasteiger charge is -2.52. The van der Waals surface area contributed by atoms with Gasteiger partial charge in [-0.2, -0.15) is 0 Å². The Morgan fingerprint density at radius 1 is 1.00 bits per heavy atom. The Hall–Kier alpha value is -2.19. The Labute approximate surface area is 202 Å². The highest BCUT2D eigenvalue weighted by Gasteiger charge is 2.48. The third kappa shape index (κ3) is 4.60. The largest absolute Gasteiger partial charge is 0.833 e. The number of ether oxygens (including phenoxy) is 2. The number of nitrogens with zero attached hydrogens (tertiary/aromatic N) is 1. The molecule has 5 nitrogen and oxygen atoms in total. The van der Waals surface area contributed by atoms with Crippen LogP contribution in [0.1, 0.15) is 29.0 Å². The van der Waals surface area contributed by atoms with Crippen molar-refractivity contribution in [3.63, 3.8) is 0 Å². The summed E-state index contributed by atoms with van der Waals surface area (Å²) in [5, 5.41) is 17.6. The molecule has 3 aromatic rings. The number of benzene rings is 1. The summed E-state index contributed by atoms with van der Waals surface area (Å²) in [6, 6.07) is 17.0. The highest BCUT2D eigenvalue weighted by atomic mass is 32.1. The molecule has 3 saturated heterocycles. The summed E-state index contributed by atoms with van der Waals surface area (Å²) in [7, 11) is 0. The van der Waals surface area contributed by atoms with Crippen LogP contribution in [0.4, 0.5) is 0 Å². The van der Waals surface area contributed by atoms with E-state index >= 15 is 0 Å². The Kier molecular flexibility index (Phi) is 6.56. The average molecular weight is 484 g/mol. The molecule has 1 aromatic carbocycles. The monoisotopic (exact) mass is 483 g/mol. The summed E-state index contributed by atoms with van der Waals surface area (Å²) in [6.07, 6.45) is 2.85. The zero-order valence-electron chi connectivity index (χ0n) is 18.6. The molecule has 3 aliphatic heterocycles. The maximum absolute atomic E-state index is 14.0. The highest BCUT2D eigenvalue weighted by molar-refractivity contribution is 7.12. The lowest BCUT2D eigenvalue weighted by atomic mass is 9.83. The molecular formula is C26H29NO4S2. The van der Waals surface area contributed by atoms with Crippen molar-refractivity contribution in [2.75, 3.05) is 32.8 Å². The predicted octanol–water partition coefficient (Wildman–Crippen LogP) is 4.03. The molecule has 0 spiro atoms. The zero-order valence-corrected chi connectivity index (χ0v) is 20.2. The van der Waals surface area contributed by atoms with Gasteiger partial charge in [-0.1, -0.05) is 30.3 Å². The van der Waals surface area contributed by atoms with Crippen LogP contribution in [-0.4, -0.2) is 49.3 Å². The van der Waals surface area contributed by atoms with Gasteiger partial charge < -0.3 is 19.1 Å². The number of fused-ring (bicyclic) bond motifs is 3. The van der Waals surface area contributed by atoms with Crippen molar-refractivity contribution in [3.05, 3.63) is 75.1 Å². The molecule has 33 heavy (non-hydrogen) atoms. The van der Waals surface area contributed by atoms with Crippen molar-refractivity contribution in [2.24, 2.45) is 5.92 Å². The number of esters is 1. The van der Waals surface area contributed by atoms with Crippen molar-refractivity contribution in [1.82, 2.24) is 0 Å². The van der Waals surface area contributed by atoms with Crippen LogP contribution in [0.3, 0.4) is 0 Å². The second kappa shape index (κ2) is 9.58. The first-order chi connectivity index (χ1) is 16.1. The van der Waals surface area contributed by atoms with Crippen LogP contribution in [0.25, 0.3) is 0 Å². The first-order valence-electron chi connectivity index (χ1n) is 11.6. The molecule has 6 rings (SSSR count). The molecule has 3 aliphatic rings. The fourth-order valence-corrected chi connectivity index (χ4v) is 6.98. The fraction of sp³-hybridized carbons (Fsp3) is 0.423. The van der Waals surface area contributed by atoms with Gasteiger partial charge in [0.25, 0.3) is 0 Å². The molecule has 1 atom stereocenters. The zero-order chi connectivity index (χ0) is 22.7. The van der Waals surface area contributed by atoms with Crippen LogP contribution < -0.4 is 9.84 Å². The van der Waals surface area contributed by atoms with E-state index in [1.807, 2.05) is 53.2 Å². The van der Waals surface area contributed by atoms with E-state index in [9.17, 15) is 9.90 Å². The van der Waals surface area contributed by atoms with E-state index in [-0.39, 0.29) is 6.10 Å². The summed E-state index contributed by atoms with van der Waals surface area (Å²) in [4.78, 5) is 14.4. The lowest BCUT2D eigenvalue weighted by Crippen LogP contribution is -2.65. The third-order valence-corrected chi connectivity index (χ3v) is 9.05. The van der Waals surface area contributed by atoms with Gasteiger partial charge in [0.05, 0.1) is 31.8 Å². The van der Waals surface area contributed by atoms with E-state index in [0.29, 0.717) is 22.3 Å². The van der Waals surface area contributed by atoms with Gasteiger partial charge in [0.1, 0.15) is 12.3 Å². The van der Waals surface area contributed by atoms with Gasteiger partial charge in [0.15, 0.2) is 6.10 Å². The molecule has 2 aromatic heterocycles. The normalized spacial score (nSPS) is 24.5. The molecule has 2 bridgehead atoms. The minimum atomic E-state index is -1.98. The standard InChI is InChI=1S/C26H29NO4S2/c28-25(26(29,23-9-4-17-32-23)24-10-5-18-33-24)31-22-19-27(14-11-20(22)12-15-27)13-6-16-30-21-7-2-1-3-8-21/h1-5,7-10,17-18,20,22H,6,11-16,19H2. The maximum atomic E-state index is 14.0. The molecule has 5 heterocycles. The Balaban J connectivity index is 1.24. The van der Waals surface area contributed by atoms with Gasteiger partial charge in [-0.25, -0.2) is 0 Å². The number of carbonyl (C=O) groups excluding carboxylic acids is 1. The van der Waals surface area contributed by atoms with Crippen LogP contribution in [0.5, 0.6) is 5.75 Å². The summed E-state index contributed by atoms with van der Waals surface area (Å²) in [5.74, 6) is 0.595. The molecule has 1 unspecified atom stereocenters. The minimum absolute atomic E-state index is 0.191. The van der Waals surface area contributed by atoms with E-state index in [4.69, 9.17) is 9.47 Å². The number of hydrogen-bond acceptors (Lipinski definition) is 6. The molecule has 174 valence electrons. The molecule has 0 saturated carbocycles. The Bertz CT molecular complexity index is 993. The first-order valence-corrected chi connectivity index (χ1v) is 13.4. The van der Waals surface area contributed by atoms with E-state index in [0.717, 1.165) is 55.7 Å². The number of thiophene rings is 2. The van der Waals surface area contributed by atoms with Crippen LogP contribution in [0, 0.1) is 5.92 Å². The van der Waals surface area contributed by atoms with Gasteiger partial charge >= 0.3 is 5.97 Å². The minimum Gasteiger partial charge on any atom is -0.833 e. The SMILES string of the molecule is O=C(OC1C[N+]2(CCCOc3ccccc3)CCC1CC2)C([O-])(c1cccs1)c1cccs1. The van der Waals surface area contributed by atoms with Crippen molar-refractivity contribution in [1.29, 1.82) is 0 Å². The highest BCUT2D eigenvalue weighted by Crippen LogP contribution is 2.39. The summed E-state index contributed by atoms with van der Waals surface area (Å²) >= 11 is 2.64. The molecule has 0 radical (unpaired) electrons. The molecule has 3 fully saturated rings. The lowest BCUT2D eigenvalue weighted by molar-refractivity contribution is -0.946. The molecule has 0 amide bonds. The van der Waals surface area contributed by atoms with Gasteiger partial charge in [0.2, 0.25) is 0 Å². The van der Waals surface area contributed by atoms with Crippen molar-refractivity contribution in [3.8, 4) is 5.75 Å². The summed E-state index contributed by atoms with van der Waals surface area (Å²) in [5.41, 5.74) is -1.98. The first kappa shape index (κ1) is 22.6. The van der Waals surface area contributed by atoms with Gasteiger partial charge in [-0.3, -0.25) is 4.79 Å². The second-order valence-corrected chi connectivity index (χ2v) is 11.0. The van der Waals surface area contributed by atoms with Gasteiger partial charge in [-0.05, 0) is 35.0 Å². The van der Waals surface area contributed by atoms with E-state index in [1.165, 1.54) is 22.7 Å². The number of rotatable bonds is 9. The van der Waals surface area contributed by atoms with Crippen LogP contribution in [-0.2, 0) is 15.1 Å². The molecule has 0 N–H and O–H groups in total. The van der Waals surface area contributed by atoms with Gasteiger partial charge in [-0.15, -0.1) is 22.7 Å². The molecule has 0 aliphatic carbocycles. The van der Waals surface area contributed by atoms with Crippen LogP contribution >= 0.6 is 22.7 Å². The van der Waals surface area contributed by atoms with E-state index < -0.39 is 11.6 Å².